The molecule has 0 aliphatic carbocycles. The number of hydrogen-bond acceptors (Lipinski definition) is 4. The van der Waals surface area contributed by atoms with E-state index in [1.54, 1.807) is 0 Å². The first-order chi connectivity index (χ1) is 10.5. The SMILES string of the molecule is NC(=O)C1CC(O)CCN1C(=O)[C@H](O)[CH]Cc1ccccc1. The lowest BCUT2D eigenvalue weighted by Crippen LogP contribution is -2.56. The summed E-state index contributed by atoms with van der Waals surface area (Å²) in [5.74, 6) is -1.21. The van der Waals surface area contributed by atoms with Crippen molar-refractivity contribution in [3.63, 3.8) is 0 Å². The van der Waals surface area contributed by atoms with E-state index in [0.29, 0.717) is 12.8 Å². The van der Waals surface area contributed by atoms with Crippen molar-refractivity contribution in [3.8, 4) is 0 Å². The van der Waals surface area contributed by atoms with Gasteiger partial charge in [-0.05, 0) is 18.4 Å². The van der Waals surface area contributed by atoms with Gasteiger partial charge >= 0.3 is 0 Å². The first-order valence-corrected chi connectivity index (χ1v) is 7.32. The molecule has 0 saturated carbocycles. The second kappa shape index (κ2) is 7.38. The highest BCUT2D eigenvalue weighted by atomic mass is 16.3. The van der Waals surface area contributed by atoms with E-state index in [4.69, 9.17) is 5.73 Å². The summed E-state index contributed by atoms with van der Waals surface area (Å²) in [6, 6.07) is 8.59. The summed E-state index contributed by atoms with van der Waals surface area (Å²) < 4.78 is 0. The number of rotatable bonds is 5. The van der Waals surface area contributed by atoms with Gasteiger partial charge in [0, 0.05) is 19.4 Å². The lowest BCUT2D eigenvalue weighted by atomic mass is 9.97. The normalized spacial score (nSPS) is 23.1. The fraction of sp³-hybridized carbons (Fsp3) is 0.438. The van der Waals surface area contributed by atoms with E-state index in [0.717, 1.165) is 5.56 Å². The number of piperidine rings is 1. The molecule has 1 fully saturated rings. The van der Waals surface area contributed by atoms with Crippen LogP contribution in [0.5, 0.6) is 0 Å². The van der Waals surface area contributed by atoms with Gasteiger partial charge in [-0.1, -0.05) is 30.3 Å². The Morgan fingerprint density at radius 1 is 1.36 bits per heavy atom. The number of amides is 2. The van der Waals surface area contributed by atoms with E-state index in [2.05, 4.69) is 0 Å². The average Bonchev–Trinajstić information content (AvgIpc) is 2.52. The Bertz CT molecular complexity index is 520. The number of benzene rings is 1. The van der Waals surface area contributed by atoms with Crippen molar-refractivity contribution in [2.75, 3.05) is 6.54 Å². The summed E-state index contributed by atoms with van der Waals surface area (Å²) in [5.41, 5.74) is 6.27. The molecule has 2 unspecified atom stereocenters. The van der Waals surface area contributed by atoms with Gasteiger partial charge in [-0.2, -0.15) is 0 Å². The number of primary amides is 1. The molecule has 22 heavy (non-hydrogen) atoms. The molecule has 1 aromatic rings. The summed E-state index contributed by atoms with van der Waals surface area (Å²) in [7, 11) is 0. The molecule has 1 aliphatic rings. The van der Waals surface area contributed by atoms with Crippen molar-refractivity contribution in [2.24, 2.45) is 5.73 Å². The van der Waals surface area contributed by atoms with Crippen LogP contribution in [-0.2, 0) is 16.0 Å². The van der Waals surface area contributed by atoms with Crippen LogP contribution >= 0.6 is 0 Å². The molecule has 6 nitrogen and oxygen atoms in total. The maximum atomic E-state index is 12.3. The number of aliphatic hydroxyl groups excluding tert-OH is 2. The number of nitrogens with zero attached hydrogens (tertiary/aromatic N) is 1. The molecule has 6 heteroatoms. The van der Waals surface area contributed by atoms with Gasteiger partial charge < -0.3 is 20.8 Å². The van der Waals surface area contributed by atoms with Crippen LogP contribution in [0.25, 0.3) is 0 Å². The monoisotopic (exact) mass is 305 g/mol. The second-order valence-corrected chi connectivity index (χ2v) is 5.50. The molecular weight excluding hydrogens is 284 g/mol. The zero-order chi connectivity index (χ0) is 16.1. The van der Waals surface area contributed by atoms with Crippen LogP contribution in [0.2, 0.25) is 0 Å². The van der Waals surface area contributed by atoms with Crippen molar-refractivity contribution in [1.29, 1.82) is 0 Å². The lowest BCUT2D eigenvalue weighted by Gasteiger charge is -2.37. The van der Waals surface area contributed by atoms with E-state index in [-0.39, 0.29) is 13.0 Å². The quantitative estimate of drug-likeness (QED) is 0.690. The Balaban J connectivity index is 1.95. The molecule has 1 saturated heterocycles. The Hall–Kier alpha value is -1.92. The maximum Gasteiger partial charge on any atom is 0.252 e. The fourth-order valence-electron chi connectivity index (χ4n) is 2.61. The topological polar surface area (TPSA) is 104 Å². The van der Waals surface area contributed by atoms with E-state index >= 15 is 0 Å². The highest BCUT2D eigenvalue weighted by Crippen LogP contribution is 2.19. The summed E-state index contributed by atoms with van der Waals surface area (Å²) in [4.78, 5) is 25.0. The van der Waals surface area contributed by atoms with Gasteiger partial charge in [0.25, 0.3) is 5.91 Å². The minimum atomic E-state index is -1.29. The summed E-state index contributed by atoms with van der Waals surface area (Å²) in [5, 5.41) is 19.6. The van der Waals surface area contributed by atoms with Gasteiger partial charge in [0.05, 0.1) is 6.10 Å². The number of hydrogen-bond donors (Lipinski definition) is 3. The van der Waals surface area contributed by atoms with E-state index in [1.807, 2.05) is 30.3 Å². The largest absolute Gasteiger partial charge is 0.393 e. The number of carbonyl (C=O) groups excluding carboxylic acids is 2. The van der Waals surface area contributed by atoms with Crippen molar-refractivity contribution < 1.29 is 19.8 Å². The molecule has 1 aliphatic heterocycles. The van der Waals surface area contributed by atoms with Crippen molar-refractivity contribution in [1.82, 2.24) is 4.90 Å². The molecule has 3 atom stereocenters. The smallest absolute Gasteiger partial charge is 0.252 e. The standard InChI is InChI=1S/C16H21N2O4/c17-15(21)13-10-12(19)8-9-18(13)16(22)14(20)7-6-11-4-2-1-3-5-11/h1-5,7,12-14,19-20H,6,8-10H2,(H2,17,21)/t12?,13?,14-/m1/s1. The Morgan fingerprint density at radius 2 is 2.05 bits per heavy atom. The minimum absolute atomic E-state index is 0.118. The zero-order valence-electron chi connectivity index (χ0n) is 12.3. The minimum Gasteiger partial charge on any atom is -0.393 e. The molecule has 1 aromatic carbocycles. The van der Waals surface area contributed by atoms with E-state index < -0.39 is 30.1 Å². The third kappa shape index (κ3) is 4.05. The van der Waals surface area contributed by atoms with E-state index in [9.17, 15) is 19.8 Å². The highest BCUT2D eigenvalue weighted by molar-refractivity contribution is 5.89. The van der Waals surface area contributed by atoms with Crippen LogP contribution in [0.15, 0.2) is 30.3 Å². The summed E-state index contributed by atoms with van der Waals surface area (Å²) in [6.07, 6.45) is 0.504. The molecule has 1 radical (unpaired) electrons. The lowest BCUT2D eigenvalue weighted by molar-refractivity contribution is -0.149. The number of nitrogens with two attached hydrogens (primary N) is 1. The van der Waals surface area contributed by atoms with Crippen LogP contribution in [0.1, 0.15) is 18.4 Å². The Kier molecular flexibility index (Phi) is 5.51. The number of carbonyl (C=O) groups is 2. The third-order valence-electron chi connectivity index (χ3n) is 3.86. The Labute approximate surface area is 129 Å². The molecule has 0 bridgehead atoms. The third-order valence-corrected chi connectivity index (χ3v) is 3.86. The molecule has 4 N–H and O–H groups in total. The van der Waals surface area contributed by atoms with Gasteiger partial charge in [0.2, 0.25) is 5.91 Å². The van der Waals surface area contributed by atoms with Crippen LogP contribution in [0.3, 0.4) is 0 Å². The van der Waals surface area contributed by atoms with Gasteiger partial charge in [-0.25, -0.2) is 0 Å². The molecule has 0 aromatic heterocycles. The zero-order valence-corrected chi connectivity index (χ0v) is 12.3. The molecule has 119 valence electrons. The van der Waals surface area contributed by atoms with Gasteiger partial charge in [-0.3, -0.25) is 9.59 Å². The van der Waals surface area contributed by atoms with Crippen LogP contribution in [0.4, 0.5) is 0 Å². The maximum absolute atomic E-state index is 12.3. The first-order valence-electron chi connectivity index (χ1n) is 7.32. The van der Waals surface area contributed by atoms with Crippen LogP contribution < -0.4 is 5.73 Å². The van der Waals surface area contributed by atoms with Gasteiger partial charge in [0.15, 0.2) is 0 Å². The first kappa shape index (κ1) is 16.5. The van der Waals surface area contributed by atoms with Crippen molar-refractivity contribution >= 4 is 11.8 Å². The van der Waals surface area contributed by atoms with Crippen molar-refractivity contribution in [2.45, 2.75) is 37.5 Å². The van der Waals surface area contributed by atoms with Gasteiger partial charge in [-0.15, -0.1) is 0 Å². The molecule has 1 heterocycles. The molecule has 2 amide bonds. The second-order valence-electron chi connectivity index (χ2n) is 5.50. The van der Waals surface area contributed by atoms with Crippen LogP contribution in [0, 0.1) is 6.42 Å². The highest BCUT2D eigenvalue weighted by Gasteiger charge is 2.36. The predicted octanol–water partition coefficient (Wildman–Crippen LogP) is -0.369. The fourth-order valence-corrected chi connectivity index (χ4v) is 2.61. The van der Waals surface area contributed by atoms with E-state index in [1.165, 1.54) is 11.3 Å². The van der Waals surface area contributed by atoms with Crippen LogP contribution in [-0.4, -0.2) is 51.7 Å². The molecule has 2 rings (SSSR count). The summed E-state index contributed by atoms with van der Waals surface area (Å²) >= 11 is 0. The number of aliphatic hydroxyl groups is 2. The summed E-state index contributed by atoms with van der Waals surface area (Å²) in [6.45, 7) is 0.212. The molecule has 0 spiro atoms. The van der Waals surface area contributed by atoms with Gasteiger partial charge in [0.1, 0.15) is 12.1 Å². The number of likely N-dealkylation sites (tertiary alicyclic amines) is 1. The molecular formula is C16H21N2O4. The Morgan fingerprint density at radius 3 is 2.68 bits per heavy atom. The average molecular weight is 305 g/mol. The van der Waals surface area contributed by atoms with Crippen molar-refractivity contribution in [3.05, 3.63) is 42.3 Å². The predicted molar refractivity (Wildman–Crippen MR) is 80.4 cm³/mol.